The highest BCUT2D eigenvalue weighted by molar-refractivity contribution is 5.85. The van der Waals surface area contributed by atoms with Gasteiger partial charge in [0, 0.05) is 19.6 Å². The first-order valence-corrected chi connectivity index (χ1v) is 7.73. The van der Waals surface area contributed by atoms with E-state index in [1.807, 2.05) is 18.0 Å². The smallest absolute Gasteiger partial charge is 0.229 e. The van der Waals surface area contributed by atoms with Crippen molar-refractivity contribution >= 4 is 18.3 Å². The molecule has 0 spiro atoms. The molecule has 1 aromatic carbocycles. The summed E-state index contributed by atoms with van der Waals surface area (Å²) in [5.41, 5.74) is 1.16. The molecule has 1 amide bonds. The van der Waals surface area contributed by atoms with E-state index in [-0.39, 0.29) is 17.8 Å². The van der Waals surface area contributed by atoms with Gasteiger partial charge in [-0.1, -0.05) is 36.8 Å². The molecule has 1 aliphatic carbocycles. The van der Waals surface area contributed by atoms with Gasteiger partial charge in [0.25, 0.3) is 0 Å². The van der Waals surface area contributed by atoms with Crippen LogP contribution in [0.5, 0.6) is 0 Å². The number of halogens is 1. The molecule has 1 saturated carbocycles. The third-order valence-corrected chi connectivity index (χ3v) is 5.05. The van der Waals surface area contributed by atoms with Crippen LogP contribution in [0, 0.1) is 5.41 Å². The maximum Gasteiger partial charge on any atom is 0.229 e. The number of nitrogens with one attached hydrogen (secondary N) is 1. The summed E-state index contributed by atoms with van der Waals surface area (Å²) in [4.78, 5) is 15.0. The summed E-state index contributed by atoms with van der Waals surface area (Å²) < 4.78 is 0. The average molecular weight is 309 g/mol. The van der Waals surface area contributed by atoms with E-state index in [0.717, 1.165) is 38.8 Å². The van der Waals surface area contributed by atoms with Crippen LogP contribution in [0.1, 0.15) is 31.2 Å². The Kier molecular flexibility index (Phi) is 5.28. The summed E-state index contributed by atoms with van der Waals surface area (Å²) >= 11 is 0. The van der Waals surface area contributed by atoms with Crippen molar-refractivity contribution in [1.82, 2.24) is 10.2 Å². The number of rotatable bonds is 4. The Morgan fingerprint density at radius 3 is 2.57 bits per heavy atom. The van der Waals surface area contributed by atoms with Gasteiger partial charge in [-0.25, -0.2) is 0 Å². The molecule has 1 N–H and O–H groups in total. The van der Waals surface area contributed by atoms with Crippen LogP contribution >= 0.6 is 12.4 Å². The predicted molar refractivity (Wildman–Crippen MR) is 87.7 cm³/mol. The lowest BCUT2D eigenvalue weighted by Gasteiger charge is -2.44. The largest absolute Gasteiger partial charge is 0.341 e. The molecule has 2 fully saturated rings. The van der Waals surface area contributed by atoms with Gasteiger partial charge in [0.1, 0.15) is 0 Å². The van der Waals surface area contributed by atoms with E-state index in [2.05, 4.69) is 29.6 Å². The minimum atomic E-state index is -0.126. The van der Waals surface area contributed by atoms with E-state index in [0.29, 0.717) is 11.9 Å². The fraction of sp³-hybridized carbons (Fsp3) is 0.588. The molecule has 3 nitrogen and oxygen atoms in total. The lowest BCUT2D eigenvalue weighted by Crippen LogP contribution is -2.51. The van der Waals surface area contributed by atoms with Crippen molar-refractivity contribution in [2.45, 2.75) is 38.1 Å². The first kappa shape index (κ1) is 16.3. The van der Waals surface area contributed by atoms with Gasteiger partial charge in [0.05, 0.1) is 5.41 Å². The number of hydrogen-bond donors (Lipinski definition) is 1. The Morgan fingerprint density at radius 2 is 2.05 bits per heavy atom. The Morgan fingerprint density at radius 1 is 1.33 bits per heavy atom. The van der Waals surface area contributed by atoms with Gasteiger partial charge < -0.3 is 10.2 Å². The summed E-state index contributed by atoms with van der Waals surface area (Å²) in [7, 11) is 1.99. The van der Waals surface area contributed by atoms with Gasteiger partial charge in [-0.2, -0.15) is 0 Å². The molecule has 0 bridgehead atoms. The standard InChI is InChI=1S/C17H24N2O.ClH/c1-19(15-8-11-18-13-15)16(20)17(9-5-10-17)12-14-6-3-2-4-7-14;/h2-4,6-7,15,18H,5,8-13H2,1H3;1H. The maximum atomic E-state index is 12.9. The van der Waals surface area contributed by atoms with E-state index in [4.69, 9.17) is 0 Å². The van der Waals surface area contributed by atoms with E-state index < -0.39 is 0 Å². The minimum Gasteiger partial charge on any atom is -0.341 e. The summed E-state index contributed by atoms with van der Waals surface area (Å²) in [6.45, 7) is 1.98. The zero-order valence-corrected chi connectivity index (χ0v) is 13.5. The predicted octanol–water partition coefficient (Wildman–Crippen LogP) is 2.64. The molecular weight excluding hydrogens is 284 g/mol. The van der Waals surface area contributed by atoms with Gasteiger partial charge in [-0.15, -0.1) is 12.4 Å². The number of likely N-dealkylation sites (N-methyl/N-ethyl adjacent to an activating group) is 1. The van der Waals surface area contributed by atoms with Crippen LogP contribution < -0.4 is 5.32 Å². The molecule has 4 heteroatoms. The quantitative estimate of drug-likeness (QED) is 0.927. The molecule has 21 heavy (non-hydrogen) atoms. The van der Waals surface area contributed by atoms with Crippen LogP contribution in [0.15, 0.2) is 30.3 Å². The number of amides is 1. The fourth-order valence-corrected chi connectivity index (χ4v) is 3.57. The van der Waals surface area contributed by atoms with Gasteiger partial charge in [-0.05, 0) is 37.8 Å². The van der Waals surface area contributed by atoms with Crippen molar-refractivity contribution in [2.75, 3.05) is 20.1 Å². The summed E-state index contributed by atoms with van der Waals surface area (Å²) in [6, 6.07) is 10.8. The topological polar surface area (TPSA) is 32.3 Å². The number of hydrogen-bond acceptors (Lipinski definition) is 2. The number of carbonyl (C=O) groups is 1. The summed E-state index contributed by atoms with van der Waals surface area (Å²) in [5.74, 6) is 0.362. The van der Waals surface area contributed by atoms with Gasteiger partial charge in [-0.3, -0.25) is 4.79 Å². The Hall–Kier alpha value is -1.06. The van der Waals surface area contributed by atoms with Crippen molar-refractivity contribution in [1.29, 1.82) is 0 Å². The molecule has 0 aromatic heterocycles. The average Bonchev–Trinajstić information content (AvgIpc) is 2.96. The van der Waals surface area contributed by atoms with Crippen LogP contribution in [-0.4, -0.2) is 37.0 Å². The van der Waals surface area contributed by atoms with Crippen LogP contribution in [-0.2, 0) is 11.2 Å². The Labute approximate surface area is 133 Å². The summed E-state index contributed by atoms with van der Waals surface area (Å²) in [6.07, 6.45) is 5.27. The molecule has 1 heterocycles. The van der Waals surface area contributed by atoms with Crippen molar-refractivity contribution in [3.05, 3.63) is 35.9 Å². The maximum absolute atomic E-state index is 12.9. The third-order valence-electron chi connectivity index (χ3n) is 5.05. The lowest BCUT2D eigenvalue weighted by atomic mass is 9.64. The van der Waals surface area contributed by atoms with Crippen molar-refractivity contribution in [3.8, 4) is 0 Å². The van der Waals surface area contributed by atoms with E-state index in [9.17, 15) is 4.79 Å². The second kappa shape index (κ2) is 6.80. The second-order valence-corrected chi connectivity index (χ2v) is 6.36. The number of benzene rings is 1. The van der Waals surface area contributed by atoms with Crippen molar-refractivity contribution in [3.63, 3.8) is 0 Å². The first-order chi connectivity index (χ1) is 9.71. The van der Waals surface area contributed by atoms with E-state index in [1.165, 1.54) is 12.0 Å². The first-order valence-electron chi connectivity index (χ1n) is 7.73. The van der Waals surface area contributed by atoms with E-state index in [1.54, 1.807) is 0 Å². The molecular formula is C17H25ClN2O. The van der Waals surface area contributed by atoms with Crippen molar-refractivity contribution in [2.24, 2.45) is 5.41 Å². The minimum absolute atomic E-state index is 0. The molecule has 3 rings (SSSR count). The third kappa shape index (κ3) is 3.24. The lowest BCUT2D eigenvalue weighted by molar-refractivity contribution is -0.148. The normalized spacial score (nSPS) is 23.0. The molecule has 1 unspecified atom stereocenters. The molecule has 1 aliphatic heterocycles. The Balaban J connectivity index is 0.00000161. The van der Waals surface area contributed by atoms with Crippen LogP contribution in [0.2, 0.25) is 0 Å². The number of nitrogens with zero attached hydrogens (tertiary/aromatic N) is 1. The van der Waals surface area contributed by atoms with Crippen LogP contribution in [0.3, 0.4) is 0 Å². The summed E-state index contributed by atoms with van der Waals surface area (Å²) in [5, 5.41) is 3.35. The SMILES string of the molecule is CN(C(=O)C1(Cc2ccccc2)CCC1)C1CCNC1.Cl. The zero-order valence-electron chi connectivity index (χ0n) is 12.7. The molecule has 1 saturated heterocycles. The second-order valence-electron chi connectivity index (χ2n) is 6.36. The van der Waals surface area contributed by atoms with Gasteiger partial charge in [0.15, 0.2) is 0 Å². The molecule has 0 radical (unpaired) electrons. The molecule has 116 valence electrons. The van der Waals surface area contributed by atoms with Gasteiger partial charge >= 0.3 is 0 Å². The highest BCUT2D eigenvalue weighted by atomic mass is 35.5. The van der Waals surface area contributed by atoms with E-state index >= 15 is 0 Å². The highest BCUT2D eigenvalue weighted by Gasteiger charge is 2.46. The molecule has 2 aliphatic rings. The number of carbonyl (C=O) groups excluding carboxylic acids is 1. The van der Waals surface area contributed by atoms with Crippen molar-refractivity contribution < 1.29 is 4.79 Å². The molecule has 1 aromatic rings. The van der Waals surface area contributed by atoms with Gasteiger partial charge in [0.2, 0.25) is 5.91 Å². The van der Waals surface area contributed by atoms with Crippen LogP contribution in [0.4, 0.5) is 0 Å². The highest BCUT2D eigenvalue weighted by Crippen LogP contribution is 2.45. The fourth-order valence-electron chi connectivity index (χ4n) is 3.57. The molecule has 1 atom stereocenters. The monoisotopic (exact) mass is 308 g/mol. The Bertz CT molecular complexity index is 467. The zero-order chi connectivity index (χ0) is 14.0. The van der Waals surface area contributed by atoms with Crippen LogP contribution in [0.25, 0.3) is 0 Å².